The van der Waals surface area contributed by atoms with Gasteiger partial charge < -0.3 is 4.90 Å². The van der Waals surface area contributed by atoms with Crippen LogP contribution in [0.15, 0.2) is 30.3 Å². The number of likely N-dealkylation sites (tertiary alicyclic amines) is 1. The molecule has 0 aliphatic carbocycles. The summed E-state index contributed by atoms with van der Waals surface area (Å²) in [5, 5.41) is 4.92. The number of sulfonamides is 1. The molecule has 0 radical (unpaired) electrons. The van der Waals surface area contributed by atoms with E-state index >= 15 is 0 Å². The molecule has 1 amide bonds. The van der Waals surface area contributed by atoms with Crippen molar-refractivity contribution in [3.63, 3.8) is 0 Å². The number of amides is 1. The molecular weight excluding hydrogens is 320 g/mol. The van der Waals surface area contributed by atoms with E-state index in [0.29, 0.717) is 13.0 Å². The molecule has 2 N–H and O–H groups in total. The molecule has 2 rings (SSSR count). The Morgan fingerprint density at radius 3 is 2.73 bits per heavy atom. The van der Waals surface area contributed by atoms with Crippen molar-refractivity contribution < 1.29 is 13.2 Å². The molecule has 5 nitrogen and oxygen atoms in total. The second-order valence-corrected chi connectivity index (χ2v) is 8.58. The van der Waals surface area contributed by atoms with Gasteiger partial charge in [0.1, 0.15) is 0 Å². The zero-order valence-corrected chi connectivity index (χ0v) is 14.3. The van der Waals surface area contributed by atoms with Gasteiger partial charge in [-0.05, 0) is 25.3 Å². The summed E-state index contributed by atoms with van der Waals surface area (Å²) in [6.45, 7) is 2.50. The van der Waals surface area contributed by atoms with Crippen LogP contribution in [0.4, 0.5) is 0 Å². The Balaban J connectivity index is 1.92. The third-order valence-electron chi connectivity index (χ3n) is 3.78. The number of primary sulfonamides is 1. The summed E-state index contributed by atoms with van der Waals surface area (Å²) in [5.74, 6) is 0.628. The van der Waals surface area contributed by atoms with Gasteiger partial charge in [0.2, 0.25) is 15.9 Å². The minimum atomic E-state index is -3.56. The number of carbonyl (C=O) groups excluding carboxylic acids is 1. The maximum atomic E-state index is 12.5. The van der Waals surface area contributed by atoms with Crippen LogP contribution < -0.4 is 5.14 Å². The molecule has 1 aromatic rings. The predicted octanol–water partition coefficient (Wildman–Crippen LogP) is 1.59. The lowest BCUT2D eigenvalue weighted by Gasteiger charge is -2.26. The Morgan fingerprint density at radius 2 is 2.09 bits per heavy atom. The minimum absolute atomic E-state index is 0.00656. The van der Waals surface area contributed by atoms with Crippen LogP contribution in [-0.4, -0.2) is 42.8 Å². The number of rotatable bonds is 6. The average Bonchev–Trinajstić information content (AvgIpc) is 2.91. The van der Waals surface area contributed by atoms with E-state index in [9.17, 15) is 13.2 Å². The molecule has 2 unspecified atom stereocenters. The number of benzene rings is 1. The lowest BCUT2D eigenvalue weighted by molar-refractivity contribution is -0.130. The lowest BCUT2D eigenvalue weighted by Crippen LogP contribution is -2.44. The number of thioether (sulfide) groups is 1. The Bertz CT molecular complexity index is 604. The van der Waals surface area contributed by atoms with E-state index < -0.39 is 10.0 Å². The SMILES string of the molecule is CC(SCc1ccccc1)C(=O)N1CCCC1CS(N)(=O)=O. The minimum Gasteiger partial charge on any atom is -0.338 e. The van der Waals surface area contributed by atoms with E-state index in [1.807, 2.05) is 37.3 Å². The monoisotopic (exact) mass is 342 g/mol. The summed E-state index contributed by atoms with van der Waals surface area (Å²) in [5.41, 5.74) is 1.18. The smallest absolute Gasteiger partial charge is 0.235 e. The van der Waals surface area contributed by atoms with Crippen molar-refractivity contribution in [2.24, 2.45) is 5.14 Å². The molecule has 1 saturated heterocycles. The molecule has 7 heteroatoms. The predicted molar refractivity (Wildman–Crippen MR) is 89.9 cm³/mol. The van der Waals surface area contributed by atoms with Crippen LogP contribution in [-0.2, 0) is 20.6 Å². The highest BCUT2D eigenvalue weighted by Crippen LogP contribution is 2.24. The highest BCUT2D eigenvalue weighted by Gasteiger charge is 2.33. The van der Waals surface area contributed by atoms with E-state index in [1.54, 1.807) is 16.7 Å². The first kappa shape index (κ1) is 17.3. The Hall–Kier alpha value is -1.05. The fraction of sp³-hybridized carbons (Fsp3) is 0.533. The van der Waals surface area contributed by atoms with Crippen LogP contribution >= 0.6 is 11.8 Å². The molecule has 1 heterocycles. The van der Waals surface area contributed by atoms with Crippen LogP contribution in [0.3, 0.4) is 0 Å². The van der Waals surface area contributed by atoms with Crippen molar-refractivity contribution in [2.45, 2.75) is 36.8 Å². The van der Waals surface area contributed by atoms with Gasteiger partial charge in [0.25, 0.3) is 0 Å². The first-order valence-electron chi connectivity index (χ1n) is 7.33. The summed E-state index contributed by atoms with van der Waals surface area (Å²) < 4.78 is 22.5. The zero-order chi connectivity index (χ0) is 16.2. The Labute approximate surface area is 136 Å². The summed E-state index contributed by atoms with van der Waals surface area (Å²) >= 11 is 1.57. The Kier molecular flexibility index (Phi) is 5.88. The zero-order valence-electron chi connectivity index (χ0n) is 12.6. The summed E-state index contributed by atoms with van der Waals surface area (Å²) in [6, 6.07) is 9.71. The van der Waals surface area contributed by atoms with Gasteiger partial charge in [0, 0.05) is 18.3 Å². The van der Waals surface area contributed by atoms with Crippen LogP contribution in [0.1, 0.15) is 25.3 Å². The summed E-state index contributed by atoms with van der Waals surface area (Å²) in [7, 11) is -3.56. The fourth-order valence-electron chi connectivity index (χ4n) is 2.67. The normalized spacial score (nSPS) is 20.1. The van der Waals surface area contributed by atoms with Crippen LogP contribution in [0.25, 0.3) is 0 Å². The van der Waals surface area contributed by atoms with Crippen LogP contribution in [0.5, 0.6) is 0 Å². The van der Waals surface area contributed by atoms with Crippen molar-refractivity contribution >= 4 is 27.7 Å². The van der Waals surface area contributed by atoms with Crippen molar-refractivity contribution in [3.05, 3.63) is 35.9 Å². The molecule has 0 aromatic heterocycles. The van der Waals surface area contributed by atoms with Gasteiger partial charge in [0.05, 0.1) is 11.0 Å². The fourth-order valence-corrected chi connectivity index (χ4v) is 4.46. The first-order chi connectivity index (χ1) is 10.4. The van der Waals surface area contributed by atoms with Crippen molar-refractivity contribution in [1.29, 1.82) is 0 Å². The topological polar surface area (TPSA) is 80.5 Å². The largest absolute Gasteiger partial charge is 0.338 e. The molecule has 1 aliphatic heterocycles. The third-order valence-corrected chi connectivity index (χ3v) is 5.83. The number of nitrogens with two attached hydrogens (primary N) is 1. The average molecular weight is 342 g/mol. The van der Waals surface area contributed by atoms with Gasteiger partial charge in [-0.15, -0.1) is 11.8 Å². The van der Waals surface area contributed by atoms with Crippen LogP contribution in [0, 0.1) is 0 Å². The molecule has 1 fully saturated rings. The van der Waals surface area contributed by atoms with Crippen molar-refractivity contribution in [1.82, 2.24) is 4.90 Å². The molecule has 22 heavy (non-hydrogen) atoms. The first-order valence-corrected chi connectivity index (χ1v) is 10.1. The highest BCUT2D eigenvalue weighted by atomic mass is 32.2. The standard InChI is InChI=1S/C15H22N2O3S2/c1-12(21-10-13-6-3-2-4-7-13)15(18)17-9-5-8-14(17)11-22(16,19)20/h2-4,6-7,12,14H,5,8-11H2,1H3,(H2,16,19,20). The Morgan fingerprint density at radius 1 is 1.41 bits per heavy atom. The second-order valence-electron chi connectivity index (χ2n) is 5.60. The van der Waals surface area contributed by atoms with E-state index in [2.05, 4.69) is 0 Å². The molecule has 1 aliphatic rings. The molecule has 2 atom stereocenters. The van der Waals surface area contributed by atoms with Gasteiger partial charge in [-0.2, -0.15) is 0 Å². The molecule has 122 valence electrons. The number of hydrogen-bond donors (Lipinski definition) is 1. The number of carbonyl (C=O) groups is 1. The molecule has 0 spiro atoms. The lowest BCUT2D eigenvalue weighted by atomic mass is 10.2. The molecule has 0 saturated carbocycles. The van der Waals surface area contributed by atoms with E-state index in [4.69, 9.17) is 5.14 Å². The third kappa shape index (κ3) is 5.00. The summed E-state index contributed by atoms with van der Waals surface area (Å²) in [4.78, 5) is 14.2. The van der Waals surface area contributed by atoms with Gasteiger partial charge in [-0.3, -0.25) is 4.79 Å². The molecular formula is C15H22N2O3S2. The van der Waals surface area contributed by atoms with Gasteiger partial charge in [-0.1, -0.05) is 30.3 Å². The van der Waals surface area contributed by atoms with Gasteiger partial charge in [-0.25, -0.2) is 13.6 Å². The molecule has 0 bridgehead atoms. The van der Waals surface area contributed by atoms with Gasteiger partial charge >= 0.3 is 0 Å². The maximum Gasteiger partial charge on any atom is 0.235 e. The number of nitrogens with zero attached hydrogens (tertiary/aromatic N) is 1. The number of hydrogen-bond acceptors (Lipinski definition) is 4. The highest BCUT2D eigenvalue weighted by molar-refractivity contribution is 7.99. The van der Waals surface area contributed by atoms with Gasteiger partial charge in [0.15, 0.2) is 0 Å². The maximum absolute atomic E-state index is 12.5. The second kappa shape index (κ2) is 7.48. The molecule has 1 aromatic carbocycles. The van der Waals surface area contributed by atoms with E-state index in [1.165, 1.54) is 5.56 Å². The van der Waals surface area contributed by atoms with Crippen molar-refractivity contribution in [2.75, 3.05) is 12.3 Å². The summed E-state index contributed by atoms with van der Waals surface area (Å²) in [6.07, 6.45) is 1.54. The van der Waals surface area contributed by atoms with Crippen molar-refractivity contribution in [3.8, 4) is 0 Å². The quantitative estimate of drug-likeness (QED) is 0.851. The van der Waals surface area contributed by atoms with E-state index in [0.717, 1.165) is 12.2 Å². The van der Waals surface area contributed by atoms with E-state index in [-0.39, 0.29) is 23.0 Å². The van der Waals surface area contributed by atoms with Crippen LogP contribution in [0.2, 0.25) is 0 Å².